The predicted octanol–water partition coefficient (Wildman–Crippen LogP) is 3.20. The van der Waals surface area contributed by atoms with Crippen molar-refractivity contribution in [3.8, 4) is 0 Å². The minimum Gasteiger partial charge on any atom is -0.396 e. The number of aliphatic hydroxyl groups excluding tert-OH is 3. The van der Waals surface area contributed by atoms with Crippen molar-refractivity contribution in [1.29, 1.82) is 0 Å². The maximum atomic E-state index is 10.8. The summed E-state index contributed by atoms with van der Waals surface area (Å²) in [7, 11) is 0. The molecular formula is C20H32O3. The van der Waals surface area contributed by atoms with E-state index in [0.717, 1.165) is 32.1 Å². The molecule has 0 aromatic heterocycles. The summed E-state index contributed by atoms with van der Waals surface area (Å²) in [4.78, 5) is 0. The van der Waals surface area contributed by atoms with Crippen LogP contribution in [-0.4, -0.2) is 34.1 Å². The molecule has 0 aliphatic heterocycles. The van der Waals surface area contributed by atoms with E-state index >= 15 is 0 Å². The van der Waals surface area contributed by atoms with Gasteiger partial charge in [-0.05, 0) is 60.8 Å². The van der Waals surface area contributed by atoms with E-state index in [4.69, 9.17) is 0 Å². The van der Waals surface area contributed by atoms with Crippen molar-refractivity contribution in [1.82, 2.24) is 0 Å². The van der Waals surface area contributed by atoms with Gasteiger partial charge in [-0.15, -0.1) is 6.58 Å². The minimum absolute atomic E-state index is 0.00618. The van der Waals surface area contributed by atoms with Crippen molar-refractivity contribution in [3.63, 3.8) is 0 Å². The second-order valence-electron chi connectivity index (χ2n) is 8.98. The lowest BCUT2D eigenvalue weighted by Crippen LogP contribution is -2.57. The zero-order chi connectivity index (χ0) is 17.0. The number of hydrogen-bond acceptors (Lipinski definition) is 3. The Morgan fingerprint density at radius 2 is 1.91 bits per heavy atom. The SMILES string of the molecule is C=C[C@@]1(C)CCC2=C(C1)[C@H](O)C[C@H]1[C@@](C)(CO)[C@@H](O)CC[C@]21C. The van der Waals surface area contributed by atoms with Crippen LogP contribution in [0.25, 0.3) is 0 Å². The molecule has 3 heteroatoms. The fourth-order valence-corrected chi connectivity index (χ4v) is 5.72. The summed E-state index contributed by atoms with van der Waals surface area (Å²) in [5.74, 6) is 0.130. The Morgan fingerprint density at radius 3 is 2.52 bits per heavy atom. The molecule has 1 fully saturated rings. The smallest absolute Gasteiger partial charge is 0.0756 e. The number of aliphatic hydroxyl groups is 3. The summed E-state index contributed by atoms with van der Waals surface area (Å²) in [5, 5.41) is 31.4. The minimum atomic E-state index is -0.522. The zero-order valence-corrected chi connectivity index (χ0v) is 14.8. The Labute approximate surface area is 140 Å². The van der Waals surface area contributed by atoms with E-state index in [9.17, 15) is 15.3 Å². The van der Waals surface area contributed by atoms with Gasteiger partial charge in [0, 0.05) is 5.41 Å². The Kier molecular flexibility index (Phi) is 4.06. The maximum Gasteiger partial charge on any atom is 0.0756 e. The Morgan fingerprint density at radius 1 is 1.22 bits per heavy atom. The third kappa shape index (κ3) is 2.35. The van der Waals surface area contributed by atoms with E-state index in [1.165, 1.54) is 11.1 Å². The van der Waals surface area contributed by atoms with Gasteiger partial charge in [0.25, 0.3) is 0 Å². The van der Waals surface area contributed by atoms with Gasteiger partial charge in [0.05, 0.1) is 18.8 Å². The summed E-state index contributed by atoms with van der Waals surface area (Å²) in [6.45, 7) is 10.5. The van der Waals surface area contributed by atoms with Gasteiger partial charge < -0.3 is 15.3 Å². The molecule has 130 valence electrons. The quantitative estimate of drug-likeness (QED) is 0.685. The lowest BCUT2D eigenvalue weighted by atomic mass is 9.46. The number of rotatable bonds is 2. The van der Waals surface area contributed by atoms with Crippen LogP contribution in [0.15, 0.2) is 23.8 Å². The highest BCUT2D eigenvalue weighted by Crippen LogP contribution is 2.62. The predicted molar refractivity (Wildman–Crippen MR) is 91.8 cm³/mol. The lowest BCUT2D eigenvalue weighted by Gasteiger charge is -2.59. The Balaban J connectivity index is 2.06. The average molecular weight is 320 g/mol. The molecule has 3 aliphatic carbocycles. The van der Waals surface area contributed by atoms with E-state index in [-0.39, 0.29) is 23.4 Å². The van der Waals surface area contributed by atoms with Gasteiger partial charge in [0.1, 0.15) is 0 Å². The summed E-state index contributed by atoms with van der Waals surface area (Å²) in [5.41, 5.74) is 2.18. The normalized spacial score (nSPS) is 50.3. The van der Waals surface area contributed by atoms with Gasteiger partial charge in [-0.1, -0.05) is 32.4 Å². The molecule has 0 bridgehead atoms. The molecule has 0 spiro atoms. The second-order valence-corrected chi connectivity index (χ2v) is 8.98. The van der Waals surface area contributed by atoms with Gasteiger partial charge >= 0.3 is 0 Å². The molecule has 3 nitrogen and oxygen atoms in total. The first kappa shape index (κ1) is 17.2. The topological polar surface area (TPSA) is 60.7 Å². The number of hydrogen-bond donors (Lipinski definition) is 3. The third-order valence-corrected chi connectivity index (χ3v) is 7.58. The standard InChI is InChI=1S/C20H32O3/c1-5-18(2)8-6-14-13(11-18)15(22)10-16-19(14,3)9-7-17(23)20(16,4)12-21/h5,15-17,21-23H,1,6-12H2,2-4H3/t15-,16-,17+,18+,19-,20-/m1/s1. The highest BCUT2D eigenvalue weighted by atomic mass is 16.3. The molecule has 0 aromatic carbocycles. The summed E-state index contributed by atoms with van der Waals surface area (Å²) < 4.78 is 0. The van der Waals surface area contributed by atoms with E-state index < -0.39 is 17.6 Å². The first-order valence-corrected chi connectivity index (χ1v) is 9.03. The zero-order valence-electron chi connectivity index (χ0n) is 14.8. The molecule has 0 radical (unpaired) electrons. The van der Waals surface area contributed by atoms with E-state index in [1.807, 2.05) is 13.0 Å². The third-order valence-electron chi connectivity index (χ3n) is 7.58. The van der Waals surface area contributed by atoms with Crippen LogP contribution in [-0.2, 0) is 0 Å². The van der Waals surface area contributed by atoms with Crippen LogP contribution < -0.4 is 0 Å². The molecule has 0 saturated heterocycles. The van der Waals surface area contributed by atoms with Crippen molar-refractivity contribution >= 4 is 0 Å². The van der Waals surface area contributed by atoms with Gasteiger partial charge in [-0.25, -0.2) is 0 Å². The fourth-order valence-electron chi connectivity index (χ4n) is 5.72. The van der Waals surface area contributed by atoms with Crippen LogP contribution >= 0.6 is 0 Å². The van der Waals surface area contributed by atoms with Crippen molar-refractivity contribution < 1.29 is 15.3 Å². The molecule has 1 saturated carbocycles. The first-order chi connectivity index (χ1) is 10.7. The highest BCUT2D eigenvalue weighted by Gasteiger charge is 2.58. The lowest BCUT2D eigenvalue weighted by molar-refractivity contribution is -0.135. The van der Waals surface area contributed by atoms with Crippen LogP contribution in [0.1, 0.15) is 59.3 Å². The fraction of sp³-hybridized carbons (Fsp3) is 0.800. The molecule has 0 aromatic rings. The van der Waals surface area contributed by atoms with Crippen LogP contribution in [0.4, 0.5) is 0 Å². The molecule has 6 atom stereocenters. The van der Waals surface area contributed by atoms with Crippen molar-refractivity contribution in [2.24, 2.45) is 22.2 Å². The summed E-state index contributed by atoms with van der Waals surface area (Å²) in [6.07, 6.45) is 6.41. The Hall–Kier alpha value is -0.640. The monoisotopic (exact) mass is 320 g/mol. The molecule has 3 N–H and O–H groups in total. The van der Waals surface area contributed by atoms with Crippen molar-refractivity contribution in [2.45, 2.75) is 71.5 Å². The van der Waals surface area contributed by atoms with Crippen LogP contribution in [0.3, 0.4) is 0 Å². The maximum absolute atomic E-state index is 10.8. The Bertz CT molecular complexity index is 539. The second kappa shape index (κ2) is 5.44. The van der Waals surface area contributed by atoms with E-state index in [2.05, 4.69) is 20.4 Å². The molecule has 3 rings (SSSR count). The molecule has 0 heterocycles. The van der Waals surface area contributed by atoms with Gasteiger partial charge in [0.2, 0.25) is 0 Å². The van der Waals surface area contributed by atoms with Gasteiger partial charge in [-0.2, -0.15) is 0 Å². The summed E-state index contributed by atoms with van der Waals surface area (Å²) >= 11 is 0. The molecule has 3 aliphatic rings. The average Bonchev–Trinajstić information content (AvgIpc) is 2.54. The van der Waals surface area contributed by atoms with Gasteiger partial charge in [-0.3, -0.25) is 0 Å². The largest absolute Gasteiger partial charge is 0.396 e. The van der Waals surface area contributed by atoms with Crippen LogP contribution in [0, 0.1) is 22.2 Å². The first-order valence-electron chi connectivity index (χ1n) is 9.03. The highest BCUT2D eigenvalue weighted by molar-refractivity contribution is 5.35. The molecule has 0 unspecified atom stereocenters. The van der Waals surface area contributed by atoms with E-state index in [1.54, 1.807) is 0 Å². The molecular weight excluding hydrogens is 288 g/mol. The van der Waals surface area contributed by atoms with Crippen molar-refractivity contribution in [2.75, 3.05) is 6.61 Å². The van der Waals surface area contributed by atoms with Crippen LogP contribution in [0.5, 0.6) is 0 Å². The van der Waals surface area contributed by atoms with Crippen LogP contribution in [0.2, 0.25) is 0 Å². The summed E-state index contributed by atoms with van der Waals surface area (Å²) in [6, 6.07) is 0. The van der Waals surface area contributed by atoms with E-state index in [0.29, 0.717) is 6.42 Å². The molecule has 0 amide bonds. The number of fused-ring (bicyclic) bond motifs is 2. The van der Waals surface area contributed by atoms with Crippen molar-refractivity contribution in [3.05, 3.63) is 23.8 Å². The number of allylic oxidation sites excluding steroid dienone is 2. The molecule has 23 heavy (non-hydrogen) atoms. The van der Waals surface area contributed by atoms with Gasteiger partial charge in [0.15, 0.2) is 0 Å².